The van der Waals surface area contributed by atoms with Crippen LogP contribution < -0.4 is 14.8 Å². The summed E-state index contributed by atoms with van der Waals surface area (Å²) in [6.07, 6.45) is 2.03. The lowest BCUT2D eigenvalue weighted by atomic mass is 10.2. The summed E-state index contributed by atoms with van der Waals surface area (Å²) in [7, 11) is 1.51. The molecule has 0 aliphatic rings. The van der Waals surface area contributed by atoms with Crippen LogP contribution in [0.15, 0.2) is 48.5 Å². The first-order chi connectivity index (χ1) is 12.6. The summed E-state index contributed by atoms with van der Waals surface area (Å²) in [6, 6.07) is 13.6. The molecule has 1 amide bonds. The minimum absolute atomic E-state index is 0.359. The molecule has 0 spiro atoms. The van der Waals surface area contributed by atoms with E-state index >= 15 is 0 Å². The number of hydrogen-bond acceptors (Lipinski definition) is 5. The van der Waals surface area contributed by atoms with Crippen molar-refractivity contribution in [3.8, 4) is 11.5 Å². The normalized spacial score (nSPS) is 10.1. The van der Waals surface area contributed by atoms with Gasteiger partial charge in [-0.15, -0.1) is 0 Å². The van der Waals surface area contributed by atoms with Gasteiger partial charge in [0.1, 0.15) is 11.5 Å². The maximum atomic E-state index is 12.0. The van der Waals surface area contributed by atoms with Gasteiger partial charge in [-0.05, 0) is 42.8 Å². The van der Waals surface area contributed by atoms with E-state index in [2.05, 4.69) is 12.2 Å². The molecule has 0 heterocycles. The third-order valence-corrected chi connectivity index (χ3v) is 3.57. The van der Waals surface area contributed by atoms with Gasteiger partial charge in [0.2, 0.25) is 0 Å². The van der Waals surface area contributed by atoms with Crippen LogP contribution in [0.4, 0.5) is 5.69 Å². The maximum Gasteiger partial charge on any atom is 0.338 e. The van der Waals surface area contributed by atoms with Crippen LogP contribution in [0.2, 0.25) is 0 Å². The number of esters is 1. The highest BCUT2D eigenvalue weighted by atomic mass is 16.5. The van der Waals surface area contributed by atoms with Crippen molar-refractivity contribution in [2.24, 2.45) is 0 Å². The Balaban J connectivity index is 1.83. The van der Waals surface area contributed by atoms with E-state index in [0.29, 0.717) is 29.4 Å². The van der Waals surface area contributed by atoms with E-state index in [4.69, 9.17) is 14.2 Å². The molecule has 0 unspecified atom stereocenters. The first-order valence-electron chi connectivity index (χ1n) is 8.47. The molecular formula is C20H23NO5. The predicted octanol–water partition coefficient (Wildman–Crippen LogP) is 3.67. The zero-order valence-corrected chi connectivity index (χ0v) is 15.0. The molecule has 0 saturated heterocycles. The van der Waals surface area contributed by atoms with E-state index < -0.39 is 11.9 Å². The third-order valence-electron chi connectivity index (χ3n) is 3.57. The molecule has 2 rings (SSSR count). The third kappa shape index (κ3) is 5.81. The minimum atomic E-state index is -0.569. The van der Waals surface area contributed by atoms with Gasteiger partial charge in [0.15, 0.2) is 6.61 Å². The Bertz CT molecular complexity index is 727. The van der Waals surface area contributed by atoms with Gasteiger partial charge in [-0.1, -0.05) is 25.5 Å². The van der Waals surface area contributed by atoms with Crippen LogP contribution in [0.25, 0.3) is 0 Å². The molecular weight excluding hydrogens is 334 g/mol. The maximum absolute atomic E-state index is 12.0. The van der Waals surface area contributed by atoms with Crippen molar-refractivity contribution >= 4 is 17.6 Å². The molecule has 6 heteroatoms. The number of rotatable bonds is 9. The van der Waals surface area contributed by atoms with Gasteiger partial charge in [0, 0.05) is 0 Å². The van der Waals surface area contributed by atoms with Crippen LogP contribution in [-0.4, -0.2) is 32.2 Å². The van der Waals surface area contributed by atoms with Crippen LogP contribution in [0.5, 0.6) is 11.5 Å². The average Bonchev–Trinajstić information content (AvgIpc) is 2.67. The summed E-state index contributed by atoms with van der Waals surface area (Å²) in [5.74, 6) is 0.220. The standard InChI is InChI=1S/C20H23NO5/c1-3-4-13-25-16-11-9-15(10-12-16)20(23)26-14-19(22)21-17-7-5-6-8-18(17)24-2/h5-12H,3-4,13-14H2,1-2H3,(H,21,22). The van der Waals surface area contributed by atoms with Crippen LogP contribution in [0, 0.1) is 0 Å². The number of methoxy groups -OCH3 is 1. The minimum Gasteiger partial charge on any atom is -0.495 e. The monoisotopic (exact) mass is 357 g/mol. The van der Waals surface area contributed by atoms with E-state index in [9.17, 15) is 9.59 Å². The number of amides is 1. The van der Waals surface area contributed by atoms with Crippen molar-refractivity contribution in [1.82, 2.24) is 0 Å². The zero-order chi connectivity index (χ0) is 18.8. The molecule has 2 aromatic carbocycles. The molecule has 0 bridgehead atoms. The van der Waals surface area contributed by atoms with E-state index in [1.165, 1.54) is 7.11 Å². The number of ether oxygens (including phenoxy) is 3. The number of hydrogen-bond donors (Lipinski definition) is 1. The molecule has 0 fully saturated rings. The molecule has 0 aliphatic heterocycles. The average molecular weight is 357 g/mol. The number of nitrogens with one attached hydrogen (secondary N) is 1. The van der Waals surface area contributed by atoms with Crippen molar-refractivity contribution in [2.45, 2.75) is 19.8 Å². The van der Waals surface area contributed by atoms with Crippen LogP contribution in [0.3, 0.4) is 0 Å². The van der Waals surface area contributed by atoms with Gasteiger partial charge in [0.05, 0.1) is 25.0 Å². The van der Waals surface area contributed by atoms with Gasteiger partial charge >= 0.3 is 5.97 Å². The molecule has 6 nitrogen and oxygen atoms in total. The van der Waals surface area contributed by atoms with Gasteiger partial charge in [-0.2, -0.15) is 0 Å². The first kappa shape index (κ1) is 19.3. The topological polar surface area (TPSA) is 73.9 Å². The van der Waals surface area contributed by atoms with Gasteiger partial charge in [-0.25, -0.2) is 4.79 Å². The zero-order valence-electron chi connectivity index (χ0n) is 15.0. The molecule has 1 N–H and O–H groups in total. The lowest BCUT2D eigenvalue weighted by Crippen LogP contribution is -2.21. The Hall–Kier alpha value is -3.02. The summed E-state index contributed by atoms with van der Waals surface area (Å²) >= 11 is 0. The second-order valence-corrected chi connectivity index (χ2v) is 5.55. The number of anilines is 1. The second kappa shape index (κ2) is 10.1. The largest absolute Gasteiger partial charge is 0.495 e. The highest BCUT2D eigenvalue weighted by Gasteiger charge is 2.12. The fraction of sp³-hybridized carbons (Fsp3) is 0.300. The fourth-order valence-corrected chi connectivity index (χ4v) is 2.17. The number of carbonyl (C=O) groups excluding carboxylic acids is 2. The van der Waals surface area contributed by atoms with Gasteiger partial charge in [-0.3, -0.25) is 4.79 Å². The Morgan fingerprint density at radius 3 is 2.46 bits per heavy atom. The quantitative estimate of drug-likeness (QED) is 0.547. The van der Waals surface area contributed by atoms with Crippen LogP contribution in [0.1, 0.15) is 30.1 Å². The van der Waals surface area contributed by atoms with Crippen molar-refractivity contribution in [2.75, 3.05) is 25.6 Å². The molecule has 0 aromatic heterocycles. The van der Waals surface area contributed by atoms with E-state index in [-0.39, 0.29) is 6.61 Å². The predicted molar refractivity (Wildman–Crippen MR) is 98.8 cm³/mol. The Kier molecular flexibility index (Phi) is 7.49. The van der Waals surface area contributed by atoms with Crippen LogP contribution >= 0.6 is 0 Å². The van der Waals surface area contributed by atoms with Crippen molar-refractivity contribution in [1.29, 1.82) is 0 Å². The number of para-hydroxylation sites is 2. The summed E-state index contributed by atoms with van der Waals surface area (Å²) in [5.41, 5.74) is 0.877. The molecule has 138 valence electrons. The SMILES string of the molecule is CCCCOc1ccc(C(=O)OCC(=O)Nc2ccccc2OC)cc1. The molecule has 0 aliphatic carbocycles. The van der Waals surface area contributed by atoms with Crippen molar-refractivity contribution in [3.05, 3.63) is 54.1 Å². The second-order valence-electron chi connectivity index (χ2n) is 5.55. The molecule has 0 saturated carbocycles. The Labute approximate surface area is 153 Å². The number of unbranched alkanes of at least 4 members (excludes halogenated alkanes) is 1. The first-order valence-corrected chi connectivity index (χ1v) is 8.47. The van der Waals surface area contributed by atoms with Crippen molar-refractivity contribution in [3.63, 3.8) is 0 Å². The van der Waals surface area contributed by atoms with E-state index in [0.717, 1.165) is 12.8 Å². The Morgan fingerprint density at radius 2 is 1.77 bits per heavy atom. The highest BCUT2D eigenvalue weighted by molar-refractivity contribution is 5.96. The van der Waals surface area contributed by atoms with Gasteiger partial charge in [0.25, 0.3) is 5.91 Å². The van der Waals surface area contributed by atoms with Crippen LogP contribution in [-0.2, 0) is 9.53 Å². The highest BCUT2D eigenvalue weighted by Crippen LogP contribution is 2.22. The smallest absolute Gasteiger partial charge is 0.338 e. The van der Waals surface area contributed by atoms with E-state index in [1.54, 1.807) is 48.5 Å². The van der Waals surface area contributed by atoms with Crippen molar-refractivity contribution < 1.29 is 23.8 Å². The lowest BCUT2D eigenvalue weighted by Gasteiger charge is -2.10. The lowest BCUT2D eigenvalue weighted by molar-refractivity contribution is -0.119. The molecule has 0 atom stereocenters. The summed E-state index contributed by atoms with van der Waals surface area (Å²) in [5, 5.41) is 2.64. The summed E-state index contributed by atoms with van der Waals surface area (Å²) in [4.78, 5) is 24.0. The number of benzene rings is 2. The number of carbonyl (C=O) groups is 2. The fourth-order valence-electron chi connectivity index (χ4n) is 2.17. The molecule has 26 heavy (non-hydrogen) atoms. The van der Waals surface area contributed by atoms with E-state index in [1.807, 2.05) is 0 Å². The molecule has 0 radical (unpaired) electrons. The summed E-state index contributed by atoms with van der Waals surface area (Å²) < 4.78 is 15.7. The van der Waals surface area contributed by atoms with Gasteiger partial charge < -0.3 is 19.5 Å². The Morgan fingerprint density at radius 1 is 1.04 bits per heavy atom. The summed E-state index contributed by atoms with van der Waals surface area (Å²) in [6.45, 7) is 2.35. The molecule has 2 aromatic rings.